The zero-order valence-corrected chi connectivity index (χ0v) is 12.4. The molecule has 1 aliphatic carbocycles. The van der Waals surface area contributed by atoms with Crippen molar-refractivity contribution in [1.29, 1.82) is 0 Å². The SMILES string of the molecule is O=C(NC1(C(=O)O)CCC1)c1ccc(N2CCOCC2)cc1. The van der Waals surface area contributed by atoms with Crippen molar-refractivity contribution in [2.45, 2.75) is 24.8 Å². The number of morpholine rings is 1. The van der Waals surface area contributed by atoms with Crippen LogP contribution in [0.1, 0.15) is 29.6 Å². The Kier molecular flexibility index (Phi) is 4.02. The van der Waals surface area contributed by atoms with Gasteiger partial charge in [-0.05, 0) is 43.5 Å². The van der Waals surface area contributed by atoms with Crippen LogP contribution in [0.2, 0.25) is 0 Å². The first-order chi connectivity index (χ1) is 10.6. The Balaban J connectivity index is 1.67. The van der Waals surface area contributed by atoms with Crippen LogP contribution in [0, 0.1) is 0 Å². The molecular weight excluding hydrogens is 284 g/mol. The summed E-state index contributed by atoms with van der Waals surface area (Å²) < 4.78 is 5.32. The number of rotatable bonds is 4. The van der Waals surface area contributed by atoms with Gasteiger partial charge in [-0.2, -0.15) is 0 Å². The predicted octanol–water partition coefficient (Wildman–Crippen LogP) is 1.26. The molecule has 6 heteroatoms. The summed E-state index contributed by atoms with van der Waals surface area (Å²) in [5.74, 6) is -1.27. The monoisotopic (exact) mass is 304 g/mol. The molecule has 1 saturated carbocycles. The van der Waals surface area contributed by atoms with E-state index in [9.17, 15) is 14.7 Å². The maximum absolute atomic E-state index is 12.2. The first kappa shape index (κ1) is 14.8. The number of hydrogen-bond donors (Lipinski definition) is 2. The normalized spacial score (nSPS) is 20.1. The Morgan fingerprint density at radius 1 is 1.14 bits per heavy atom. The number of carboxylic acids is 1. The minimum Gasteiger partial charge on any atom is -0.480 e. The molecule has 0 bridgehead atoms. The van der Waals surface area contributed by atoms with Crippen molar-refractivity contribution >= 4 is 17.6 Å². The smallest absolute Gasteiger partial charge is 0.329 e. The fourth-order valence-corrected chi connectivity index (χ4v) is 2.86. The number of hydrogen-bond acceptors (Lipinski definition) is 4. The van der Waals surface area contributed by atoms with Crippen LogP contribution in [0.5, 0.6) is 0 Å². The van der Waals surface area contributed by atoms with Gasteiger partial charge < -0.3 is 20.1 Å². The van der Waals surface area contributed by atoms with E-state index in [0.29, 0.717) is 31.6 Å². The second-order valence-corrected chi connectivity index (χ2v) is 5.84. The number of nitrogens with zero attached hydrogens (tertiary/aromatic N) is 1. The van der Waals surface area contributed by atoms with Crippen molar-refractivity contribution in [2.24, 2.45) is 0 Å². The van der Waals surface area contributed by atoms with Gasteiger partial charge in [0.25, 0.3) is 5.91 Å². The number of carbonyl (C=O) groups excluding carboxylic acids is 1. The Bertz CT molecular complexity index is 560. The summed E-state index contributed by atoms with van der Waals surface area (Å²) in [5, 5.41) is 11.9. The first-order valence-corrected chi connectivity index (χ1v) is 7.59. The van der Waals surface area contributed by atoms with Crippen molar-refractivity contribution in [3.8, 4) is 0 Å². The quantitative estimate of drug-likeness (QED) is 0.875. The van der Waals surface area contributed by atoms with Crippen LogP contribution in [0.15, 0.2) is 24.3 Å². The molecule has 0 aromatic heterocycles. The molecule has 2 fully saturated rings. The number of ether oxygens (including phenoxy) is 1. The van der Waals surface area contributed by atoms with Gasteiger partial charge in [-0.15, -0.1) is 0 Å². The molecule has 1 aromatic carbocycles. The van der Waals surface area contributed by atoms with Gasteiger partial charge >= 0.3 is 5.97 Å². The topological polar surface area (TPSA) is 78.9 Å². The number of amides is 1. The second kappa shape index (κ2) is 5.96. The number of carbonyl (C=O) groups is 2. The summed E-state index contributed by atoms with van der Waals surface area (Å²) in [6.45, 7) is 3.11. The molecular formula is C16H20N2O4. The van der Waals surface area contributed by atoms with Gasteiger partial charge in [0, 0.05) is 24.3 Å². The van der Waals surface area contributed by atoms with Crippen LogP contribution in [0.3, 0.4) is 0 Å². The lowest BCUT2D eigenvalue weighted by Gasteiger charge is -2.38. The van der Waals surface area contributed by atoms with Crippen molar-refractivity contribution in [3.05, 3.63) is 29.8 Å². The van der Waals surface area contributed by atoms with Gasteiger partial charge in [0.1, 0.15) is 5.54 Å². The lowest BCUT2D eigenvalue weighted by molar-refractivity contribution is -0.148. The zero-order valence-electron chi connectivity index (χ0n) is 12.4. The largest absolute Gasteiger partial charge is 0.480 e. The van der Waals surface area contributed by atoms with E-state index in [1.807, 2.05) is 12.1 Å². The summed E-state index contributed by atoms with van der Waals surface area (Å²) in [6, 6.07) is 7.28. The summed E-state index contributed by atoms with van der Waals surface area (Å²) in [6.07, 6.45) is 1.84. The van der Waals surface area contributed by atoms with Crippen molar-refractivity contribution in [3.63, 3.8) is 0 Å². The van der Waals surface area contributed by atoms with Gasteiger partial charge in [0.05, 0.1) is 13.2 Å². The van der Waals surface area contributed by atoms with Gasteiger partial charge in [0.2, 0.25) is 0 Å². The molecule has 1 amide bonds. The molecule has 3 rings (SSSR count). The highest BCUT2D eigenvalue weighted by Gasteiger charge is 2.45. The van der Waals surface area contributed by atoms with Crippen LogP contribution in [0.25, 0.3) is 0 Å². The van der Waals surface area contributed by atoms with Crippen LogP contribution in [-0.4, -0.2) is 48.8 Å². The summed E-state index contributed by atoms with van der Waals surface area (Å²) in [4.78, 5) is 25.7. The van der Waals surface area contributed by atoms with Crippen LogP contribution >= 0.6 is 0 Å². The maximum atomic E-state index is 12.2. The Labute approximate surface area is 129 Å². The predicted molar refractivity (Wildman–Crippen MR) is 81.2 cm³/mol. The molecule has 0 unspecified atom stereocenters. The molecule has 2 N–H and O–H groups in total. The van der Waals surface area contributed by atoms with Crippen LogP contribution in [0.4, 0.5) is 5.69 Å². The summed E-state index contributed by atoms with van der Waals surface area (Å²) in [7, 11) is 0. The summed E-state index contributed by atoms with van der Waals surface area (Å²) in [5.41, 5.74) is 0.473. The fourth-order valence-electron chi connectivity index (χ4n) is 2.86. The number of nitrogens with one attached hydrogen (secondary N) is 1. The zero-order chi connectivity index (χ0) is 15.6. The van der Waals surface area contributed by atoms with Gasteiger partial charge in [-0.1, -0.05) is 0 Å². The van der Waals surface area contributed by atoms with E-state index in [1.165, 1.54) is 0 Å². The molecule has 6 nitrogen and oxygen atoms in total. The van der Waals surface area contributed by atoms with E-state index in [0.717, 1.165) is 25.2 Å². The van der Waals surface area contributed by atoms with Crippen molar-refractivity contribution in [2.75, 3.05) is 31.2 Å². The molecule has 2 aliphatic rings. The number of anilines is 1. The molecule has 0 atom stereocenters. The third kappa shape index (κ3) is 2.78. The minimum atomic E-state index is -1.07. The first-order valence-electron chi connectivity index (χ1n) is 7.59. The van der Waals surface area contributed by atoms with E-state index >= 15 is 0 Å². The second-order valence-electron chi connectivity index (χ2n) is 5.84. The lowest BCUT2D eigenvalue weighted by atomic mass is 9.76. The summed E-state index contributed by atoms with van der Waals surface area (Å²) >= 11 is 0. The fraction of sp³-hybridized carbons (Fsp3) is 0.500. The number of aliphatic carboxylic acids is 1. The van der Waals surface area contributed by atoms with E-state index in [2.05, 4.69) is 10.2 Å². The third-order valence-electron chi connectivity index (χ3n) is 4.48. The Hall–Kier alpha value is -2.08. The molecule has 1 saturated heterocycles. The lowest BCUT2D eigenvalue weighted by Crippen LogP contribution is -2.59. The van der Waals surface area contributed by atoms with E-state index in [-0.39, 0.29) is 5.91 Å². The molecule has 0 spiro atoms. The van der Waals surface area contributed by atoms with Crippen LogP contribution in [-0.2, 0) is 9.53 Å². The average Bonchev–Trinajstić information content (AvgIpc) is 2.51. The molecule has 1 aromatic rings. The van der Waals surface area contributed by atoms with Crippen molar-refractivity contribution < 1.29 is 19.4 Å². The van der Waals surface area contributed by atoms with E-state index in [1.54, 1.807) is 12.1 Å². The maximum Gasteiger partial charge on any atom is 0.329 e. The Morgan fingerprint density at radius 3 is 2.27 bits per heavy atom. The standard InChI is InChI=1S/C16H20N2O4/c19-14(17-16(15(20)21)6-1-7-16)12-2-4-13(5-3-12)18-8-10-22-11-9-18/h2-5H,1,6-11H2,(H,17,19)(H,20,21). The van der Waals surface area contributed by atoms with E-state index in [4.69, 9.17) is 4.74 Å². The van der Waals surface area contributed by atoms with E-state index < -0.39 is 11.5 Å². The van der Waals surface area contributed by atoms with Gasteiger partial charge in [-0.25, -0.2) is 4.79 Å². The highest BCUT2D eigenvalue weighted by Crippen LogP contribution is 2.32. The number of benzene rings is 1. The third-order valence-corrected chi connectivity index (χ3v) is 4.48. The molecule has 1 aliphatic heterocycles. The Morgan fingerprint density at radius 2 is 1.77 bits per heavy atom. The highest BCUT2D eigenvalue weighted by molar-refractivity contribution is 5.98. The average molecular weight is 304 g/mol. The van der Waals surface area contributed by atoms with Crippen LogP contribution < -0.4 is 10.2 Å². The van der Waals surface area contributed by atoms with Crippen molar-refractivity contribution in [1.82, 2.24) is 5.32 Å². The number of carboxylic acid groups (broad SMARTS) is 1. The molecule has 22 heavy (non-hydrogen) atoms. The van der Waals surface area contributed by atoms with Gasteiger partial charge in [0.15, 0.2) is 0 Å². The molecule has 0 radical (unpaired) electrons. The highest BCUT2D eigenvalue weighted by atomic mass is 16.5. The van der Waals surface area contributed by atoms with Gasteiger partial charge in [-0.3, -0.25) is 4.79 Å². The molecule has 118 valence electrons. The molecule has 1 heterocycles. The minimum absolute atomic E-state index is 0.323.